The van der Waals surface area contributed by atoms with Crippen LogP contribution in [0.1, 0.15) is 31.2 Å². The van der Waals surface area contributed by atoms with E-state index in [0.29, 0.717) is 6.04 Å². The van der Waals surface area contributed by atoms with E-state index in [4.69, 9.17) is 5.73 Å². The molecule has 2 heterocycles. The number of nitrogen functional groups attached to an aromatic ring is 1. The van der Waals surface area contributed by atoms with Crippen molar-refractivity contribution in [3.63, 3.8) is 0 Å². The summed E-state index contributed by atoms with van der Waals surface area (Å²) in [6.07, 6.45) is 5.33. The van der Waals surface area contributed by atoms with Crippen molar-refractivity contribution in [3.8, 4) is 0 Å². The van der Waals surface area contributed by atoms with Crippen LogP contribution in [0.5, 0.6) is 0 Å². The first-order chi connectivity index (χ1) is 10.1. The lowest BCUT2D eigenvalue weighted by molar-refractivity contribution is 0.0977. The number of fused-ring (bicyclic) bond motifs is 2. The minimum Gasteiger partial charge on any atom is -0.398 e. The van der Waals surface area contributed by atoms with E-state index in [-0.39, 0.29) is 0 Å². The maximum absolute atomic E-state index is 6.06. The Kier molecular flexibility index (Phi) is 4.05. The topological polar surface area (TPSA) is 32.5 Å². The van der Waals surface area contributed by atoms with Crippen LogP contribution in [0.25, 0.3) is 5.57 Å². The molecule has 2 fully saturated rings. The molecule has 2 aliphatic heterocycles. The minimum absolute atomic E-state index is 0.681. The lowest BCUT2D eigenvalue weighted by Crippen LogP contribution is -2.48. The number of nitrogens with zero attached hydrogens (tertiary/aromatic N) is 2. The Hall–Kier alpha value is -1.32. The maximum Gasteiger partial charge on any atom is 0.0390 e. The summed E-state index contributed by atoms with van der Waals surface area (Å²) in [6, 6.07) is 10.3. The van der Waals surface area contributed by atoms with Gasteiger partial charge >= 0.3 is 0 Å². The van der Waals surface area contributed by atoms with Gasteiger partial charge in [-0.25, -0.2) is 0 Å². The van der Waals surface area contributed by atoms with Crippen LogP contribution < -0.4 is 5.73 Å². The van der Waals surface area contributed by atoms with Gasteiger partial charge in [-0.2, -0.15) is 0 Å². The molecule has 2 saturated heterocycles. The average Bonchev–Trinajstić information content (AvgIpc) is 2.69. The number of para-hydroxylation sites is 1. The van der Waals surface area contributed by atoms with Gasteiger partial charge in [0.1, 0.15) is 0 Å². The van der Waals surface area contributed by atoms with Crippen molar-refractivity contribution in [2.45, 2.75) is 43.8 Å². The number of anilines is 1. The monoisotopic (exact) mass is 285 g/mol. The van der Waals surface area contributed by atoms with Gasteiger partial charge in [-0.1, -0.05) is 24.8 Å². The van der Waals surface area contributed by atoms with Gasteiger partial charge in [0.15, 0.2) is 0 Å². The van der Waals surface area contributed by atoms with Gasteiger partial charge in [0, 0.05) is 35.9 Å². The smallest absolute Gasteiger partial charge is 0.0390 e. The minimum atomic E-state index is 0.681. The molecule has 0 aromatic heterocycles. The van der Waals surface area contributed by atoms with Gasteiger partial charge in [-0.3, -0.25) is 4.90 Å². The molecule has 2 atom stereocenters. The highest BCUT2D eigenvalue weighted by Gasteiger charge is 2.39. The predicted molar refractivity (Wildman–Crippen MR) is 90.1 cm³/mol. The molecular formula is C18H27N3. The average molecular weight is 285 g/mol. The number of nitrogens with two attached hydrogens (primary N) is 1. The number of hydrogen-bond acceptors (Lipinski definition) is 3. The Balaban J connectivity index is 1.63. The Morgan fingerprint density at radius 3 is 2.52 bits per heavy atom. The molecule has 3 heteroatoms. The molecule has 2 unspecified atom stereocenters. The number of likely N-dealkylation sites (N-methyl/N-ethyl adjacent to an activating group) is 1. The second-order valence-electron chi connectivity index (χ2n) is 6.78. The number of hydrogen-bond donors (Lipinski definition) is 1. The Bertz CT molecular complexity index is 511. The van der Waals surface area contributed by atoms with E-state index in [1.807, 2.05) is 18.2 Å². The van der Waals surface area contributed by atoms with Crippen LogP contribution in [0, 0.1) is 0 Å². The first-order valence-electron chi connectivity index (χ1n) is 8.01. The molecule has 2 N–H and O–H groups in total. The molecular weight excluding hydrogens is 258 g/mol. The highest BCUT2D eigenvalue weighted by Crippen LogP contribution is 2.36. The fourth-order valence-electron chi connectivity index (χ4n) is 4.08. The molecule has 3 rings (SSSR count). The van der Waals surface area contributed by atoms with Crippen LogP contribution in [0.2, 0.25) is 0 Å². The molecule has 1 aromatic rings. The van der Waals surface area contributed by atoms with E-state index in [0.717, 1.165) is 35.5 Å². The van der Waals surface area contributed by atoms with Gasteiger partial charge in [0.05, 0.1) is 0 Å². The van der Waals surface area contributed by atoms with Gasteiger partial charge in [-0.15, -0.1) is 0 Å². The van der Waals surface area contributed by atoms with Crippen molar-refractivity contribution < 1.29 is 0 Å². The highest BCUT2D eigenvalue weighted by molar-refractivity contribution is 5.74. The molecule has 0 amide bonds. The molecule has 0 spiro atoms. The molecule has 1 aromatic carbocycles. The van der Waals surface area contributed by atoms with Gasteiger partial charge < -0.3 is 10.6 Å². The second-order valence-corrected chi connectivity index (χ2v) is 6.78. The van der Waals surface area contributed by atoms with E-state index in [1.165, 1.54) is 25.7 Å². The quantitative estimate of drug-likeness (QED) is 0.863. The summed E-state index contributed by atoms with van der Waals surface area (Å²) in [6.45, 7) is 5.16. The molecule has 2 bridgehead atoms. The van der Waals surface area contributed by atoms with E-state index < -0.39 is 0 Å². The van der Waals surface area contributed by atoms with E-state index in [2.05, 4.69) is 36.5 Å². The zero-order chi connectivity index (χ0) is 15.0. The Labute approximate surface area is 128 Å². The first-order valence-corrected chi connectivity index (χ1v) is 8.01. The fourth-order valence-corrected chi connectivity index (χ4v) is 4.08. The third-order valence-electron chi connectivity index (χ3n) is 5.48. The number of benzene rings is 1. The summed E-state index contributed by atoms with van der Waals surface area (Å²) >= 11 is 0. The second kappa shape index (κ2) is 5.82. The molecule has 21 heavy (non-hydrogen) atoms. The summed E-state index contributed by atoms with van der Waals surface area (Å²) in [5.74, 6) is 0. The van der Waals surface area contributed by atoms with Gasteiger partial charge in [0.25, 0.3) is 0 Å². The van der Waals surface area contributed by atoms with Crippen LogP contribution in [0.4, 0.5) is 5.69 Å². The van der Waals surface area contributed by atoms with Crippen molar-refractivity contribution in [1.29, 1.82) is 0 Å². The standard InChI is InChI=1S/C18H27N3/c1-13(17-6-4-5-7-18(17)19)12-20(2)16-10-14-8-9-15(11-16)21(14)3/h4-7,14-16H,1,8-12,19H2,2-3H3. The molecule has 0 saturated carbocycles. The molecule has 0 aliphatic carbocycles. The van der Waals surface area contributed by atoms with Crippen LogP contribution in [-0.4, -0.2) is 48.6 Å². The number of piperidine rings is 1. The van der Waals surface area contributed by atoms with Crippen molar-refractivity contribution in [1.82, 2.24) is 9.80 Å². The van der Waals surface area contributed by atoms with Gasteiger partial charge in [-0.05, 0) is 51.4 Å². The summed E-state index contributed by atoms with van der Waals surface area (Å²) in [4.78, 5) is 5.07. The largest absolute Gasteiger partial charge is 0.398 e. The first kappa shape index (κ1) is 14.6. The van der Waals surface area contributed by atoms with E-state index in [9.17, 15) is 0 Å². The Morgan fingerprint density at radius 2 is 1.90 bits per heavy atom. The summed E-state index contributed by atoms with van der Waals surface area (Å²) in [5, 5.41) is 0. The third-order valence-corrected chi connectivity index (χ3v) is 5.48. The van der Waals surface area contributed by atoms with Crippen LogP contribution in [0.15, 0.2) is 30.8 Å². The number of rotatable bonds is 4. The Morgan fingerprint density at radius 1 is 1.29 bits per heavy atom. The third kappa shape index (κ3) is 2.85. The fraction of sp³-hybridized carbons (Fsp3) is 0.556. The molecule has 2 aliphatic rings. The maximum atomic E-state index is 6.06. The molecule has 3 nitrogen and oxygen atoms in total. The molecule has 0 radical (unpaired) electrons. The lowest BCUT2D eigenvalue weighted by Gasteiger charge is -2.40. The van der Waals surface area contributed by atoms with Crippen molar-refractivity contribution in [3.05, 3.63) is 36.4 Å². The van der Waals surface area contributed by atoms with Crippen LogP contribution in [0.3, 0.4) is 0 Å². The zero-order valence-corrected chi connectivity index (χ0v) is 13.3. The van der Waals surface area contributed by atoms with E-state index >= 15 is 0 Å². The SMILES string of the molecule is C=C(CN(C)C1CC2CCC(C1)N2C)c1ccccc1N. The molecule has 114 valence electrons. The zero-order valence-electron chi connectivity index (χ0n) is 13.3. The predicted octanol–water partition coefficient (Wildman–Crippen LogP) is 2.84. The van der Waals surface area contributed by atoms with Crippen molar-refractivity contribution in [2.24, 2.45) is 0 Å². The van der Waals surface area contributed by atoms with E-state index in [1.54, 1.807) is 0 Å². The van der Waals surface area contributed by atoms with Crippen LogP contribution in [-0.2, 0) is 0 Å². The summed E-state index contributed by atoms with van der Waals surface area (Å²) in [5.41, 5.74) is 9.12. The van der Waals surface area contributed by atoms with Crippen molar-refractivity contribution >= 4 is 11.3 Å². The van der Waals surface area contributed by atoms with Crippen LogP contribution >= 0.6 is 0 Å². The van der Waals surface area contributed by atoms with Crippen molar-refractivity contribution in [2.75, 3.05) is 26.4 Å². The normalized spacial score (nSPS) is 29.0. The lowest BCUT2D eigenvalue weighted by atomic mass is 9.96. The summed E-state index contributed by atoms with van der Waals surface area (Å²) in [7, 11) is 4.53. The van der Waals surface area contributed by atoms with Gasteiger partial charge in [0.2, 0.25) is 0 Å². The summed E-state index contributed by atoms with van der Waals surface area (Å²) < 4.78 is 0. The highest BCUT2D eigenvalue weighted by atomic mass is 15.2.